The standard InChI is InChI=1S/C14H18O3/c15-13(16)14(17,11-7-3-1-4-8-11)12-9-5-2-6-10-12/h1,3-4,7-8,12,17H,2,5-6,9-10H2,(H,15,16)/p-1/t14-/m0/s1. The molecule has 0 aliphatic heterocycles. The normalized spacial score (nSPS) is 20.8. The van der Waals surface area contributed by atoms with E-state index >= 15 is 0 Å². The van der Waals surface area contributed by atoms with Gasteiger partial charge in [0, 0.05) is 0 Å². The maximum Gasteiger partial charge on any atom is 0.132 e. The molecule has 1 aromatic carbocycles. The molecule has 3 heteroatoms. The summed E-state index contributed by atoms with van der Waals surface area (Å²) in [5, 5.41) is 21.9. The van der Waals surface area contributed by atoms with Gasteiger partial charge in [-0.3, -0.25) is 0 Å². The van der Waals surface area contributed by atoms with Crippen LogP contribution in [0, 0.1) is 5.92 Å². The van der Waals surface area contributed by atoms with Crippen LogP contribution in [-0.4, -0.2) is 11.1 Å². The lowest BCUT2D eigenvalue weighted by molar-refractivity contribution is -0.331. The van der Waals surface area contributed by atoms with E-state index in [2.05, 4.69) is 0 Å². The summed E-state index contributed by atoms with van der Waals surface area (Å²) < 4.78 is 0. The summed E-state index contributed by atoms with van der Waals surface area (Å²) in [6.45, 7) is 0. The van der Waals surface area contributed by atoms with Crippen molar-refractivity contribution in [1.82, 2.24) is 0 Å². The summed E-state index contributed by atoms with van der Waals surface area (Å²) >= 11 is 0. The predicted octanol–water partition coefficient (Wildman–Crippen LogP) is 1.20. The highest BCUT2D eigenvalue weighted by Gasteiger charge is 2.40. The van der Waals surface area contributed by atoms with Crippen LogP contribution in [-0.2, 0) is 10.4 Å². The van der Waals surface area contributed by atoms with Gasteiger partial charge >= 0.3 is 0 Å². The van der Waals surface area contributed by atoms with Gasteiger partial charge in [0.1, 0.15) is 5.60 Å². The monoisotopic (exact) mass is 233 g/mol. The highest BCUT2D eigenvalue weighted by Crippen LogP contribution is 2.38. The first-order valence-electron chi connectivity index (χ1n) is 6.15. The SMILES string of the molecule is O=C([O-])[C@](O)(c1ccccc1)C1CCCCC1. The van der Waals surface area contributed by atoms with Gasteiger partial charge in [0.05, 0.1) is 5.97 Å². The molecule has 0 bridgehead atoms. The van der Waals surface area contributed by atoms with Gasteiger partial charge in [-0.15, -0.1) is 0 Å². The van der Waals surface area contributed by atoms with Crippen molar-refractivity contribution in [3.8, 4) is 0 Å². The second-order valence-electron chi connectivity index (χ2n) is 4.75. The molecule has 0 aromatic heterocycles. The Bertz CT molecular complexity index is 382. The molecule has 17 heavy (non-hydrogen) atoms. The minimum atomic E-state index is -1.83. The molecule has 0 radical (unpaired) electrons. The summed E-state index contributed by atoms with van der Waals surface area (Å²) in [6.07, 6.45) is 4.58. The van der Waals surface area contributed by atoms with E-state index in [0.29, 0.717) is 5.56 Å². The zero-order chi connectivity index (χ0) is 12.3. The van der Waals surface area contributed by atoms with Crippen LogP contribution in [0.15, 0.2) is 30.3 Å². The average Bonchev–Trinajstić information content (AvgIpc) is 2.39. The first kappa shape index (κ1) is 12.1. The summed E-state index contributed by atoms with van der Waals surface area (Å²) in [5.41, 5.74) is -1.39. The van der Waals surface area contributed by atoms with Gasteiger partial charge in [0.15, 0.2) is 0 Å². The van der Waals surface area contributed by atoms with Gasteiger partial charge < -0.3 is 15.0 Å². The molecule has 1 atom stereocenters. The molecule has 1 aliphatic carbocycles. The van der Waals surface area contributed by atoms with Crippen molar-refractivity contribution < 1.29 is 15.0 Å². The van der Waals surface area contributed by atoms with Crippen molar-refractivity contribution in [3.05, 3.63) is 35.9 Å². The zero-order valence-electron chi connectivity index (χ0n) is 9.76. The van der Waals surface area contributed by atoms with Gasteiger partial charge in [-0.05, 0) is 24.3 Å². The molecule has 0 heterocycles. The highest BCUT2D eigenvalue weighted by atomic mass is 16.4. The molecule has 0 spiro atoms. The lowest BCUT2D eigenvalue weighted by Gasteiger charge is -2.39. The van der Waals surface area contributed by atoms with Crippen LogP contribution in [0.1, 0.15) is 37.7 Å². The van der Waals surface area contributed by atoms with E-state index in [1.807, 2.05) is 0 Å². The fourth-order valence-corrected chi connectivity index (χ4v) is 2.73. The number of rotatable bonds is 3. The van der Waals surface area contributed by atoms with Crippen molar-refractivity contribution in [1.29, 1.82) is 0 Å². The Morgan fingerprint density at radius 2 is 1.76 bits per heavy atom. The smallest absolute Gasteiger partial charge is 0.132 e. The number of hydrogen-bond acceptors (Lipinski definition) is 3. The predicted molar refractivity (Wildman–Crippen MR) is 61.9 cm³/mol. The average molecular weight is 233 g/mol. The van der Waals surface area contributed by atoms with E-state index in [-0.39, 0.29) is 5.92 Å². The molecule has 2 rings (SSSR count). The van der Waals surface area contributed by atoms with Crippen molar-refractivity contribution >= 4 is 5.97 Å². The maximum atomic E-state index is 11.4. The van der Waals surface area contributed by atoms with Crippen molar-refractivity contribution in [3.63, 3.8) is 0 Å². The summed E-state index contributed by atoms with van der Waals surface area (Å²) in [7, 11) is 0. The van der Waals surface area contributed by atoms with E-state index < -0.39 is 11.6 Å². The molecule has 3 nitrogen and oxygen atoms in total. The third-order valence-corrected chi connectivity index (χ3v) is 3.72. The summed E-state index contributed by atoms with van der Waals surface area (Å²) in [4.78, 5) is 11.4. The van der Waals surface area contributed by atoms with Crippen molar-refractivity contribution in [2.24, 2.45) is 5.92 Å². The van der Waals surface area contributed by atoms with Crippen LogP contribution in [0.2, 0.25) is 0 Å². The first-order valence-corrected chi connectivity index (χ1v) is 6.15. The molecule has 1 fully saturated rings. The Kier molecular flexibility index (Phi) is 3.48. The molecule has 0 amide bonds. The lowest BCUT2D eigenvalue weighted by atomic mass is 9.73. The number of benzene rings is 1. The van der Waals surface area contributed by atoms with Gasteiger partial charge in [0.25, 0.3) is 0 Å². The topological polar surface area (TPSA) is 60.4 Å². The summed E-state index contributed by atoms with van der Waals surface area (Å²) in [6, 6.07) is 8.60. The number of carboxylic acid groups (broad SMARTS) is 1. The second-order valence-corrected chi connectivity index (χ2v) is 4.75. The Labute approximate surface area is 101 Å². The number of aliphatic carboxylic acids is 1. The van der Waals surface area contributed by atoms with Gasteiger partial charge in [-0.25, -0.2) is 0 Å². The van der Waals surface area contributed by atoms with Crippen LogP contribution < -0.4 is 5.11 Å². The largest absolute Gasteiger partial charge is 0.547 e. The molecule has 1 aliphatic rings. The highest BCUT2D eigenvalue weighted by molar-refractivity contribution is 5.77. The van der Waals surface area contributed by atoms with Gasteiger partial charge in [-0.1, -0.05) is 49.6 Å². The molecular formula is C14H17O3-. The summed E-state index contributed by atoms with van der Waals surface area (Å²) in [5.74, 6) is -1.61. The Hall–Kier alpha value is -1.35. The van der Waals surface area contributed by atoms with Crippen LogP contribution >= 0.6 is 0 Å². The third-order valence-electron chi connectivity index (χ3n) is 3.72. The van der Waals surface area contributed by atoms with E-state index in [9.17, 15) is 15.0 Å². The molecule has 0 unspecified atom stereocenters. The zero-order valence-corrected chi connectivity index (χ0v) is 9.76. The minimum absolute atomic E-state index is 0.233. The minimum Gasteiger partial charge on any atom is -0.547 e. The number of aliphatic hydroxyl groups is 1. The van der Waals surface area contributed by atoms with Crippen molar-refractivity contribution in [2.45, 2.75) is 37.7 Å². The first-order chi connectivity index (χ1) is 8.15. The van der Waals surface area contributed by atoms with Crippen LogP contribution in [0.3, 0.4) is 0 Å². The Morgan fingerprint density at radius 1 is 1.18 bits per heavy atom. The Morgan fingerprint density at radius 3 is 2.29 bits per heavy atom. The van der Waals surface area contributed by atoms with Crippen LogP contribution in [0.5, 0.6) is 0 Å². The number of carboxylic acids is 1. The van der Waals surface area contributed by atoms with Gasteiger partial charge in [0.2, 0.25) is 0 Å². The molecule has 0 saturated heterocycles. The van der Waals surface area contributed by atoms with E-state index in [0.717, 1.165) is 32.1 Å². The van der Waals surface area contributed by atoms with Gasteiger partial charge in [-0.2, -0.15) is 0 Å². The third kappa shape index (κ3) is 2.20. The number of carbonyl (C=O) groups excluding carboxylic acids is 1. The van der Waals surface area contributed by atoms with E-state index in [1.54, 1.807) is 30.3 Å². The lowest BCUT2D eigenvalue weighted by Crippen LogP contribution is -2.51. The maximum absolute atomic E-state index is 11.4. The fraction of sp³-hybridized carbons (Fsp3) is 0.500. The van der Waals surface area contributed by atoms with Crippen LogP contribution in [0.25, 0.3) is 0 Å². The van der Waals surface area contributed by atoms with E-state index in [1.165, 1.54) is 0 Å². The number of hydrogen-bond donors (Lipinski definition) is 1. The molecule has 92 valence electrons. The molecule has 1 N–H and O–H groups in total. The second kappa shape index (κ2) is 4.88. The molecule has 1 aromatic rings. The quantitative estimate of drug-likeness (QED) is 0.853. The number of carbonyl (C=O) groups is 1. The van der Waals surface area contributed by atoms with E-state index in [4.69, 9.17) is 0 Å². The molecular weight excluding hydrogens is 216 g/mol. The molecule has 1 saturated carbocycles. The van der Waals surface area contributed by atoms with Crippen LogP contribution in [0.4, 0.5) is 0 Å². The Balaban J connectivity index is 2.35. The van der Waals surface area contributed by atoms with Crippen molar-refractivity contribution in [2.75, 3.05) is 0 Å². The fourth-order valence-electron chi connectivity index (χ4n) is 2.73.